The van der Waals surface area contributed by atoms with Crippen molar-refractivity contribution in [2.24, 2.45) is 5.92 Å². The summed E-state index contributed by atoms with van der Waals surface area (Å²) in [6.45, 7) is 4.96. The number of alkyl carbamates (subject to hydrolysis) is 2. The number of allylic oxidation sites excluding steroid dienone is 4. The highest BCUT2D eigenvalue weighted by Crippen LogP contribution is 2.36. The lowest BCUT2D eigenvalue weighted by molar-refractivity contribution is -0.135. The molecule has 2 saturated heterocycles. The normalized spacial score (nSPS) is 17.6. The van der Waals surface area contributed by atoms with Crippen molar-refractivity contribution in [2.45, 2.75) is 70.1 Å². The average Bonchev–Trinajstić information content (AvgIpc) is 4.17. The number of nitrogens with zero attached hydrogens (tertiary/aromatic N) is 4. The van der Waals surface area contributed by atoms with Gasteiger partial charge in [0, 0.05) is 25.1 Å². The summed E-state index contributed by atoms with van der Waals surface area (Å²) in [4.78, 5) is 72.4. The van der Waals surface area contributed by atoms with Gasteiger partial charge in [-0.2, -0.15) is 0 Å². The van der Waals surface area contributed by atoms with Gasteiger partial charge in [-0.3, -0.25) is 9.59 Å². The van der Waals surface area contributed by atoms with Crippen molar-refractivity contribution in [1.82, 2.24) is 40.4 Å². The van der Waals surface area contributed by atoms with Crippen LogP contribution in [0.1, 0.15) is 74.4 Å². The molecule has 1 aliphatic carbocycles. The Kier molecular flexibility index (Phi) is 12.6. The van der Waals surface area contributed by atoms with E-state index in [0.29, 0.717) is 25.3 Å². The van der Waals surface area contributed by atoms with Gasteiger partial charge in [0.1, 0.15) is 23.7 Å². The van der Waals surface area contributed by atoms with Crippen LogP contribution in [0.2, 0.25) is 0 Å². The number of likely N-dealkylation sites (tertiary alicyclic amines) is 2. The predicted octanol–water partition coefficient (Wildman–Crippen LogP) is 8.92. The Hall–Kier alpha value is -7.48. The zero-order chi connectivity index (χ0) is 45.9. The van der Waals surface area contributed by atoms with Crippen LogP contribution in [0.3, 0.4) is 0 Å². The molecule has 0 bridgehead atoms. The molecule has 6 aromatic rings. The molecule has 338 valence electrons. The van der Waals surface area contributed by atoms with E-state index in [1.54, 1.807) is 0 Å². The van der Waals surface area contributed by atoms with E-state index in [0.717, 1.165) is 92.6 Å². The van der Waals surface area contributed by atoms with E-state index < -0.39 is 24.3 Å². The predicted molar refractivity (Wildman–Crippen MR) is 253 cm³/mol. The minimum absolute atomic E-state index is 0.110. The number of amides is 4. The second kappa shape index (κ2) is 18.9. The number of aromatic amines is 2. The molecular weight excluding hydrogens is 833 g/mol. The van der Waals surface area contributed by atoms with Crippen molar-refractivity contribution in [2.75, 3.05) is 27.3 Å². The Balaban J connectivity index is 0.861. The molecule has 0 saturated carbocycles. The van der Waals surface area contributed by atoms with E-state index in [1.807, 2.05) is 72.5 Å². The van der Waals surface area contributed by atoms with Gasteiger partial charge >= 0.3 is 12.2 Å². The number of fused-ring (bicyclic) bond motifs is 1. The van der Waals surface area contributed by atoms with E-state index in [4.69, 9.17) is 19.4 Å². The lowest BCUT2D eigenvalue weighted by atomic mass is 9.95. The van der Waals surface area contributed by atoms with Crippen molar-refractivity contribution in [3.8, 4) is 33.6 Å². The van der Waals surface area contributed by atoms with Crippen molar-refractivity contribution >= 4 is 40.3 Å². The van der Waals surface area contributed by atoms with Crippen LogP contribution in [0.25, 0.3) is 50.0 Å². The molecule has 0 unspecified atom stereocenters. The molecule has 4 heterocycles. The largest absolute Gasteiger partial charge is 0.453 e. The number of carbonyl (C=O) groups is 4. The fraction of sp³-hybridized carbons (Fsp3) is 0.308. The number of hydrogen-bond acceptors (Lipinski definition) is 8. The minimum Gasteiger partial charge on any atom is -0.453 e. The Bertz CT molecular complexity index is 2840. The van der Waals surface area contributed by atoms with Gasteiger partial charge in [0.2, 0.25) is 11.8 Å². The number of benzene rings is 4. The molecule has 9 rings (SSSR count). The van der Waals surface area contributed by atoms with Gasteiger partial charge in [-0.25, -0.2) is 19.6 Å². The molecule has 4 N–H and O–H groups in total. The smallest absolute Gasteiger partial charge is 0.407 e. The van der Waals surface area contributed by atoms with Gasteiger partial charge < -0.3 is 39.9 Å². The van der Waals surface area contributed by atoms with E-state index in [2.05, 4.69) is 87.3 Å². The summed E-state index contributed by atoms with van der Waals surface area (Å²) in [5.41, 5.74) is 8.99. The number of nitrogens with one attached hydrogen (secondary N) is 4. The number of imidazole rings is 2. The monoisotopic (exact) mass is 886 g/mol. The van der Waals surface area contributed by atoms with Crippen molar-refractivity contribution in [1.29, 1.82) is 0 Å². The first-order valence-corrected chi connectivity index (χ1v) is 22.6. The Morgan fingerprint density at radius 3 is 1.85 bits per heavy atom. The number of ether oxygens (including phenoxy) is 2. The molecule has 66 heavy (non-hydrogen) atoms. The molecule has 14 nitrogen and oxygen atoms in total. The molecular formula is C52H54N8O6. The lowest BCUT2D eigenvalue weighted by Crippen LogP contribution is -2.51. The van der Waals surface area contributed by atoms with Crippen LogP contribution in [0, 0.1) is 5.92 Å². The van der Waals surface area contributed by atoms with Crippen LogP contribution in [-0.2, 0) is 25.5 Å². The first-order chi connectivity index (χ1) is 32.1. The summed E-state index contributed by atoms with van der Waals surface area (Å²) in [5.74, 6) is 1.02. The molecule has 4 atom stereocenters. The van der Waals surface area contributed by atoms with Crippen LogP contribution in [0.5, 0.6) is 0 Å². The molecule has 2 aliphatic heterocycles. The fourth-order valence-electron chi connectivity index (χ4n) is 9.35. The summed E-state index contributed by atoms with van der Waals surface area (Å²) in [7, 11) is 2.59. The topological polar surface area (TPSA) is 175 Å². The number of methoxy groups -OCH3 is 2. The molecule has 14 heteroatoms. The van der Waals surface area contributed by atoms with E-state index in [-0.39, 0.29) is 29.8 Å². The zero-order valence-electron chi connectivity index (χ0n) is 37.5. The number of aromatic nitrogens is 4. The van der Waals surface area contributed by atoms with Gasteiger partial charge in [-0.05, 0) is 87.9 Å². The first-order valence-electron chi connectivity index (χ1n) is 22.6. The quantitative estimate of drug-likeness (QED) is 0.0890. The Morgan fingerprint density at radius 1 is 0.682 bits per heavy atom. The number of H-pyrrole nitrogens is 2. The molecule has 4 amide bonds. The maximum Gasteiger partial charge on any atom is 0.407 e. The Morgan fingerprint density at radius 2 is 1.24 bits per heavy atom. The second-order valence-corrected chi connectivity index (χ2v) is 17.5. The SMILES string of the molecule is COC(=O)N[C@H](C(=O)N1CCC[C@H]1c1ncc(-c2ccc3cc(-c4ccc(-c5cnc([C@@H]6CCCN6C(=O)[C@@H](Cc6cccc(C7=CC=C7)c6)NC(=O)OC)[nH]5)cc4)ccc3c2)[nH]1)C(C)C. The molecule has 4 aromatic carbocycles. The van der Waals surface area contributed by atoms with Crippen LogP contribution in [0.4, 0.5) is 9.59 Å². The van der Waals surface area contributed by atoms with Crippen LogP contribution >= 0.6 is 0 Å². The minimum atomic E-state index is -0.806. The maximum absolute atomic E-state index is 14.2. The van der Waals surface area contributed by atoms with Crippen molar-refractivity contribution in [3.05, 3.63) is 138 Å². The average molecular weight is 887 g/mol. The highest BCUT2D eigenvalue weighted by molar-refractivity contribution is 5.91. The highest BCUT2D eigenvalue weighted by Gasteiger charge is 2.38. The van der Waals surface area contributed by atoms with Crippen LogP contribution in [-0.4, -0.2) is 93.1 Å². The highest BCUT2D eigenvalue weighted by atomic mass is 16.5. The van der Waals surface area contributed by atoms with E-state index in [1.165, 1.54) is 14.2 Å². The third kappa shape index (κ3) is 9.08. The van der Waals surface area contributed by atoms with Crippen LogP contribution < -0.4 is 10.6 Å². The van der Waals surface area contributed by atoms with Crippen molar-refractivity contribution in [3.63, 3.8) is 0 Å². The van der Waals surface area contributed by atoms with Crippen LogP contribution in [0.15, 0.2) is 116 Å². The summed E-state index contributed by atoms with van der Waals surface area (Å²) >= 11 is 0. The van der Waals surface area contributed by atoms with Gasteiger partial charge in [-0.1, -0.05) is 105 Å². The lowest BCUT2D eigenvalue weighted by Gasteiger charge is -2.30. The summed E-state index contributed by atoms with van der Waals surface area (Å²) < 4.78 is 9.70. The maximum atomic E-state index is 14.2. The molecule has 2 fully saturated rings. The molecule has 2 aromatic heterocycles. The number of rotatable bonds is 13. The third-order valence-corrected chi connectivity index (χ3v) is 13.0. The van der Waals surface area contributed by atoms with Gasteiger partial charge in [-0.15, -0.1) is 0 Å². The molecule has 3 aliphatic rings. The summed E-state index contributed by atoms with van der Waals surface area (Å²) in [5, 5.41) is 7.69. The van der Waals surface area contributed by atoms with Gasteiger partial charge in [0.15, 0.2) is 0 Å². The molecule has 0 radical (unpaired) electrons. The van der Waals surface area contributed by atoms with E-state index in [9.17, 15) is 19.2 Å². The van der Waals surface area contributed by atoms with Gasteiger partial charge in [0.05, 0.1) is 50.1 Å². The number of carbonyl (C=O) groups excluding carboxylic acids is 4. The third-order valence-electron chi connectivity index (χ3n) is 13.0. The molecule has 0 spiro atoms. The van der Waals surface area contributed by atoms with E-state index >= 15 is 0 Å². The number of hydrogen-bond donors (Lipinski definition) is 4. The second-order valence-electron chi connectivity index (χ2n) is 17.5. The van der Waals surface area contributed by atoms with Gasteiger partial charge in [0.25, 0.3) is 0 Å². The fourth-order valence-corrected chi connectivity index (χ4v) is 9.35. The Labute approximate surface area is 383 Å². The zero-order valence-corrected chi connectivity index (χ0v) is 37.5. The standard InChI is InChI=1S/C52H54N8O6/c1-31(2)46(58-52(64)66-4)50(62)60-24-8-14-45(60)48-54-30-43(56-48)40-22-21-38-27-37(19-20-39(38)28-40)34-15-17-35(18-16-34)42-29-53-47(55-42)44-13-7-23-59(44)49(61)41(57-51(63)65-3)26-32-9-5-12-36(25-32)33-10-6-11-33/h5-6,9-12,15-22,25,27-31,41,44-46H,7-8,13-14,23-24,26H2,1-4H3,(H,53,55)(H,54,56)(H,57,63)(H,58,64)/t41-,44+,45+,46+/m1/s1. The van der Waals surface area contributed by atoms with Crippen molar-refractivity contribution < 1.29 is 28.7 Å². The first kappa shape index (κ1) is 43.8. The summed E-state index contributed by atoms with van der Waals surface area (Å²) in [6, 6.07) is 27.2. The summed E-state index contributed by atoms with van der Waals surface area (Å²) in [6.07, 6.45) is 12.0.